The molecule has 2 N–H and O–H groups in total. The van der Waals surface area contributed by atoms with Crippen molar-refractivity contribution in [2.45, 2.75) is 38.0 Å². The maximum Gasteiger partial charge on any atom is 0.264 e. The zero-order valence-electron chi connectivity index (χ0n) is 22.0. The lowest BCUT2D eigenvalue weighted by Gasteiger charge is -2.26. The predicted octanol–water partition coefficient (Wildman–Crippen LogP) is 4.87. The Kier molecular flexibility index (Phi) is 8.51. The molecule has 0 saturated carbocycles. The first-order valence-electron chi connectivity index (χ1n) is 12.9. The van der Waals surface area contributed by atoms with Gasteiger partial charge in [-0.05, 0) is 80.5 Å². The molecule has 7 nitrogen and oxygen atoms in total. The number of rotatable bonds is 12. The minimum atomic E-state index is -3.72. The van der Waals surface area contributed by atoms with Crippen LogP contribution in [0.2, 0.25) is 0 Å². The van der Waals surface area contributed by atoms with Crippen molar-refractivity contribution in [2.24, 2.45) is 7.05 Å². The standard InChI is InChI=1S/C29H37N5O2S/c1-4-33(5-2)20-9-21-34(37(35,36)26-10-7-6-8-11-26)25-17-18-28-27(22-25)31-29(32(28)3)19-14-23-12-15-24(30)16-13-23/h6-8,10-13,15-18,22H,4-5,9,14,19-21,30H2,1-3H3. The lowest BCUT2D eigenvalue weighted by molar-refractivity contribution is 0.302. The van der Waals surface area contributed by atoms with E-state index in [1.807, 2.05) is 55.6 Å². The van der Waals surface area contributed by atoms with Gasteiger partial charge in [0.2, 0.25) is 0 Å². The average molecular weight is 520 g/mol. The van der Waals surface area contributed by atoms with Gasteiger partial charge in [0.25, 0.3) is 10.0 Å². The van der Waals surface area contributed by atoms with Gasteiger partial charge in [-0.25, -0.2) is 13.4 Å². The summed E-state index contributed by atoms with van der Waals surface area (Å²) in [5.74, 6) is 0.961. The van der Waals surface area contributed by atoms with Gasteiger partial charge in [-0.2, -0.15) is 0 Å². The molecule has 3 aromatic carbocycles. The molecule has 0 unspecified atom stereocenters. The molecule has 0 aliphatic carbocycles. The van der Waals surface area contributed by atoms with Crippen molar-refractivity contribution in [1.82, 2.24) is 14.5 Å². The Morgan fingerprint density at radius 3 is 2.27 bits per heavy atom. The van der Waals surface area contributed by atoms with E-state index in [1.54, 1.807) is 24.3 Å². The summed E-state index contributed by atoms with van der Waals surface area (Å²) in [7, 11) is -1.71. The third-order valence-corrected chi connectivity index (χ3v) is 8.76. The normalized spacial score (nSPS) is 11.9. The van der Waals surface area contributed by atoms with E-state index in [9.17, 15) is 8.42 Å². The number of hydrogen-bond acceptors (Lipinski definition) is 5. The molecule has 0 aliphatic heterocycles. The Balaban J connectivity index is 1.63. The van der Waals surface area contributed by atoms with Crippen LogP contribution in [0.5, 0.6) is 0 Å². The number of nitrogens with two attached hydrogens (primary N) is 1. The SMILES string of the molecule is CCN(CC)CCCN(c1ccc2c(c1)nc(CCc1ccc(N)cc1)n2C)S(=O)(=O)c1ccccc1. The van der Waals surface area contributed by atoms with Crippen LogP contribution < -0.4 is 10.0 Å². The Morgan fingerprint density at radius 1 is 0.892 bits per heavy atom. The van der Waals surface area contributed by atoms with Gasteiger partial charge in [-0.1, -0.05) is 44.2 Å². The van der Waals surface area contributed by atoms with Crippen molar-refractivity contribution >= 4 is 32.4 Å². The maximum atomic E-state index is 13.7. The summed E-state index contributed by atoms with van der Waals surface area (Å²) in [4.78, 5) is 7.49. The molecule has 0 spiro atoms. The minimum Gasteiger partial charge on any atom is -0.399 e. The van der Waals surface area contributed by atoms with Gasteiger partial charge in [-0.3, -0.25) is 4.31 Å². The highest BCUT2D eigenvalue weighted by atomic mass is 32.2. The zero-order valence-corrected chi connectivity index (χ0v) is 22.8. The summed E-state index contributed by atoms with van der Waals surface area (Å²) in [6.45, 7) is 7.39. The second-order valence-corrected chi connectivity index (χ2v) is 11.1. The number of benzene rings is 3. The summed E-state index contributed by atoms with van der Waals surface area (Å²) in [5.41, 5.74) is 10.2. The van der Waals surface area contributed by atoms with Crippen LogP contribution in [-0.4, -0.2) is 49.0 Å². The second kappa shape index (κ2) is 11.8. The third-order valence-electron chi connectivity index (χ3n) is 6.92. The fourth-order valence-corrected chi connectivity index (χ4v) is 6.16. The fourth-order valence-electron chi connectivity index (χ4n) is 4.64. The van der Waals surface area contributed by atoms with E-state index in [-0.39, 0.29) is 0 Å². The number of sulfonamides is 1. The quantitative estimate of drug-likeness (QED) is 0.270. The van der Waals surface area contributed by atoms with E-state index in [1.165, 1.54) is 9.87 Å². The number of nitrogens with zero attached hydrogens (tertiary/aromatic N) is 4. The lowest BCUT2D eigenvalue weighted by Crippen LogP contribution is -2.34. The maximum absolute atomic E-state index is 13.7. The molecule has 0 amide bonds. The topological polar surface area (TPSA) is 84.5 Å². The predicted molar refractivity (Wildman–Crippen MR) is 152 cm³/mol. The minimum absolute atomic E-state index is 0.295. The van der Waals surface area contributed by atoms with Gasteiger partial charge >= 0.3 is 0 Å². The van der Waals surface area contributed by atoms with Crippen LogP contribution >= 0.6 is 0 Å². The van der Waals surface area contributed by atoms with Crippen LogP contribution in [0, 0.1) is 0 Å². The number of hydrogen-bond donors (Lipinski definition) is 1. The third kappa shape index (κ3) is 6.14. The number of aryl methyl sites for hydroxylation is 3. The molecule has 8 heteroatoms. The zero-order chi connectivity index (χ0) is 26.4. The largest absolute Gasteiger partial charge is 0.399 e. The van der Waals surface area contributed by atoms with E-state index in [2.05, 4.69) is 23.3 Å². The highest BCUT2D eigenvalue weighted by molar-refractivity contribution is 7.92. The van der Waals surface area contributed by atoms with Gasteiger partial charge in [0, 0.05) is 25.7 Å². The average Bonchev–Trinajstić information content (AvgIpc) is 3.23. The van der Waals surface area contributed by atoms with Crippen LogP contribution in [0.25, 0.3) is 11.0 Å². The molecular formula is C29H37N5O2S. The van der Waals surface area contributed by atoms with Crippen molar-refractivity contribution in [2.75, 3.05) is 36.2 Å². The van der Waals surface area contributed by atoms with E-state index in [0.29, 0.717) is 17.1 Å². The highest BCUT2D eigenvalue weighted by Crippen LogP contribution is 2.28. The number of nitrogen functional groups attached to an aromatic ring is 1. The van der Waals surface area contributed by atoms with Crippen molar-refractivity contribution in [3.8, 4) is 0 Å². The van der Waals surface area contributed by atoms with Crippen LogP contribution in [0.4, 0.5) is 11.4 Å². The molecular weight excluding hydrogens is 482 g/mol. The summed E-state index contributed by atoms with van der Waals surface area (Å²) in [6.07, 6.45) is 2.37. The number of fused-ring (bicyclic) bond motifs is 1. The first kappa shape index (κ1) is 26.7. The Hall–Kier alpha value is -3.36. The van der Waals surface area contributed by atoms with Gasteiger partial charge in [0.15, 0.2) is 0 Å². The van der Waals surface area contributed by atoms with E-state index >= 15 is 0 Å². The summed E-state index contributed by atoms with van der Waals surface area (Å²) in [6, 6.07) is 22.3. The van der Waals surface area contributed by atoms with E-state index in [0.717, 1.165) is 61.4 Å². The summed E-state index contributed by atoms with van der Waals surface area (Å²) >= 11 is 0. The van der Waals surface area contributed by atoms with Crippen LogP contribution in [-0.2, 0) is 29.9 Å². The molecule has 1 heterocycles. The fraction of sp³-hybridized carbons (Fsp3) is 0.345. The monoisotopic (exact) mass is 519 g/mol. The van der Waals surface area contributed by atoms with Crippen molar-refractivity contribution < 1.29 is 8.42 Å². The van der Waals surface area contributed by atoms with Crippen molar-refractivity contribution in [3.05, 3.63) is 84.2 Å². The molecule has 0 saturated heterocycles. The van der Waals surface area contributed by atoms with E-state index in [4.69, 9.17) is 10.7 Å². The molecule has 4 aromatic rings. The molecule has 0 bridgehead atoms. The van der Waals surface area contributed by atoms with Gasteiger partial charge < -0.3 is 15.2 Å². The second-order valence-electron chi connectivity index (χ2n) is 9.27. The highest BCUT2D eigenvalue weighted by Gasteiger charge is 2.25. The summed E-state index contributed by atoms with van der Waals surface area (Å²) in [5, 5.41) is 0. The first-order chi connectivity index (χ1) is 17.8. The molecule has 37 heavy (non-hydrogen) atoms. The van der Waals surface area contributed by atoms with Crippen molar-refractivity contribution in [3.63, 3.8) is 0 Å². The van der Waals surface area contributed by atoms with Gasteiger partial charge in [-0.15, -0.1) is 0 Å². The molecule has 0 radical (unpaired) electrons. The summed E-state index contributed by atoms with van der Waals surface area (Å²) < 4.78 is 31.1. The lowest BCUT2D eigenvalue weighted by atomic mass is 10.1. The molecule has 0 atom stereocenters. The molecule has 196 valence electrons. The van der Waals surface area contributed by atoms with Crippen LogP contribution in [0.3, 0.4) is 0 Å². The number of anilines is 2. The van der Waals surface area contributed by atoms with Crippen LogP contribution in [0.15, 0.2) is 77.7 Å². The Labute approximate surface area is 220 Å². The Morgan fingerprint density at radius 2 is 1.59 bits per heavy atom. The van der Waals surface area contributed by atoms with Gasteiger partial charge in [0.05, 0.1) is 21.6 Å². The van der Waals surface area contributed by atoms with Crippen LogP contribution in [0.1, 0.15) is 31.7 Å². The Bertz CT molecular complexity index is 1410. The van der Waals surface area contributed by atoms with E-state index < -0.39 is 10.0 Å². The molecule has 1 aromatic heterocycles. The first-order valence-corrected chi connectivity index (χ1v) is 14.4. The smallest absolute Gasteiger partial charge is 0.264 e. The molecule has 0 aliphatic rings. The van der Waals surface area contributed by atoms with Gasteiger partial charge in [0.1, 0.15) is 5.82 Å². The molecule has 0 fully saturated rings. The number of aromatic nitrogens is 2. The van der Waals surface area contributed by atoms with Crippen molar-refractivity contribution in [1.29, 1.82) is 0 Å². The number of imidazole rings is 1. The molecule has 4 rings (SSSR count).